The number of hydrazine groups is 1. The van der Waals surface area contributed by atoms with E-state index in [1.807, 2.05) is 36.4 Å². The number of rotatable bonds is 6. The summed E-state index contributed by atoms with van der Waals surface area (Å²) in [6.45, 7) is 0.349. The highest BCUT2D eigenvalue weighted by Crippen LogP contribution is 2.32. The normalized spacial score (nSPS) is 15.7. The highest BCUT2D eigenvalue weighted by Gasteiger charge is 2.38. The van der Waals surface area contributed by atoms with Crippen molar-refractivity contribution in [2.24, 2.45) is 0 Å². The van der Waals surface area contributed by atoms with E-state index in [1.165, 1.54) is 0 Å². The molecule has 0 aliphatic heterocycles. The number of alkyl halides is 3. The largest absolute Gasteiger partial charge is 0.434 e. The van der Waals surface area contributed by atoms with Gasteiger partial charge in [-0.15, -0.1) is 0 Å². The predicted octanol–water partition coefficient (Wildman–Crippen LogP) is 3.81. The molecule has 1 aromatic carbocycles. The van der Waals surface area contributed by atoms with Gasteiger partial charge in [0.1, 0.15) is 0 Å². The van der Waals surface area contributed by atoms with Crippen LogP contribution in [0.4, 0.5) is 19.1 Å². The number of carbonyl (C=O) groups is 1. The second-order valence-electron chi connectivity index (χ2n) is 7.38. The van der Waals surface area contributed by atoms with Gasteiger partial charge in [0.05, 0.1) is 17.3 Å². The lowest BCUT2D eigenvalue weighted by atomic mass is 9.91. The quantitative estimate of drug-likeness (QED) is 0.503. The summed E-state index contributed by atoms with van der Waals surface area (Å²) >= 11 is 0. The zero-order chi connectivity index (χ0) is 22.6. The van der Waals surface area contributed by atoms with Crippen LogP contribution in [0.5, 0.6) is 0 Å². The van der Waals surface area contributed by atoms with E-state index < -0.39 is 29.4 Å². The van der Waals surface area contributed by atoms with Gasteiger partial charge in [-0.2, -0.15) is 13.2 Å². The standard InChI is InChI=1S/C22H21F3N6O/c23-22(24,25)19-16(13-27-21(30-19)31-28-12-14-6-2-1-3-7-14)20(32)29-17-10-4-8-15-9-5-11-26-18(15)17/h1-3,5-7,9,11,13,17,28H,4,8,10,12H2,(H,29,32)(H,27,30,31). The van der Waals surface area contributed by atoms with Gasteiger partial charge in [-0.25, -0.2) is 15.4 Å². The Morgan fingerprint density at radius 2 is 1.91 bits per heavy atom. The van der Waals surface area contributed by atoms with Gasteiger partial charge in [0.25, 0.3) is 5.91 Å². The number of carbonyl (C=O) groups excluding carboxylic acids is 1. The average molecular weight is 442 g/mol. The number of aromatic nitrogens is 3. The summed E-state index contributed by atoms with van der Waals surface area (Å²) in [4.78, 5) is 24.5. The second-order valence-corrected chi connectivity index (χ2v) is 7.38. The van der Waals surface area contributed by atoms with Crippen LogP contribution < -0.4 is 16.2 Å². The van der Waals surface area contributed by atoms with Crippen LogP contribution in [0.15, 0.2) is 54.9 Å². The highest BCUT2D eigenvalue weighted by atomic mass is 19.4. The fraction of sp³-hybridized carbons (Fsp3) is 0.273. The van der Waals surface area contributed by atoms with Gasteiger partial charge < -0.3 is 5.32 Å². The first kappa shape index (κ1) is 21.7. The number of halogens is 3. The molecule has 0 radical (unpaired) electrons. The van der Waals surface area contributed by atoms with Crippen molar-refractivity contribution in [3.8, 4) is 0 Å². The maximum absolute atomic E-state index is 13.7. The summed E-state index contributed by atoms with van der Waals surface area (Å²) in [5.74, 6) is -1.17. The molecule has 3 aromatic rings. The number of fused-ring (bicyclic) bond motifs is 1. The topological polar surface area (TPSA) is 91.8 Å². The van der Waals surface area contributed by atoms with Crippen LogP contribution in [0.2, 0.25) is 0 Å². The van der Waals surface area contributed by atoms with Crippen molar-refractivity contribution in [3.05, 3.63) is 82.9 Å². The first-order valence-electron chi connectivity index (χ1n) is 10.1. The third-order valence-electron chi connectivity index (χ3n) is 5.14. The first-order chi connectivity index (χ1) is 15.4. The van der Waals surface area contributed by atoms with Crippen molar-refractivity contribution < 1.29 is 18.0 Å². The van der Waals surface area contributed by atoms with E-state index in [0.29, 0.717) is 18.7 Å². The molecule has 0 saturated carbocycles. The Morgan fingerprint density at radius 1 is 1.09 bits per heavy atom. The maximum Gasteiger partial charge on any atom is 0.434 e. The molecule has 4 rings (SSSR count). The fourth-order valence-electron chi connectivity index (χ4n) is 3.63. The molecule has 1 atom stereocenters. The number of nitrogens with one attached hydrogen (secondary N) is 3. The molecule has 0 spiro atoms. The lowest BCUT2D eigenvalue weighted by Gasteiger charge is -2.25. The van der Waals surface area contributed by atoms with Crippen molar-refractivity contribution in [2.75, 3.05) is 5.43 Å². The summed E-state index contributed by atoms with van der Waals surface area (Å²) < 4.78 is 41.0. The van der Waals surface area contributed by atoms with E-state index in [4.69, 9.17) is 0 Å². The monoisotopic (exact) mass is 442 g/mol. The molecule has 2 aromatic heterocycles. The molecular formula is C22H21F3N6O. The summed E-state index contributed by atoms with van der Waals surface area (Å²) in [7, 11) is 0. The van der Waals surface area contributed by atoms with Crippen LogP contribution in [0, 0.1) is 0 Å². The summed E-state index contributed by atoms with van der Waals surface area (Å²) in [6.07, 6.45) is -0.101. The third kappa shape index (κ3) is 5.02. The molecule has 1 amide bonds. The summed E-state index contributed by atoms with van der Waals surface area (Å²) in [5, 5.41) is 2.67. The number of pyridine rings is 1. The number of hydrogen-bond acceptors (Lipinski definition) is 6. The van der Waals surface area contributed by atoms with Crippen LogP contribution in [-0.4, -0.2) is 20.9 Å². The van der Waals surface area contributed by atoms with Crippen LogP contribution in [0.1, 0.15) is 51.8 Å². The van der Waals surface area contributed by atoms with Gasteiger partial charge >= 0.3 is 6.18 Å². The Labute approximate surface area is 182 Å². The Kier molecular flexibility index (Phi) is 6.31. The molecule has 0 fully saturated rings. The number of amides is 1. The maximum atomic E-state index is 13.7. The van der Waals surface area contributed by atoms with Crippen LogP contribution >= 0.6 is 0 Å². The SMILES string of the molecule is O=C(NC1CCCc2cccnc21)c1cnc(NNCc2ccccc2)nc1C(F)(F)F. The van der Waals surface area contributed by atoms with Gasteiger partial charge in [-0.1, -0.05) is 36.4 Å². The Balaban J connectivity index is 1.50. The molecule has 1 aliphatic carbocycles. The fourth-order valence-corrected chi connectivity index (χ4v) is 3.63. The molecular weight excluding hydrogens is 421 g/mol. The molecule has 2 heterocycles. The van der Waals surface area contributed by atoms with Crippen LogP contribution in [0.3, 0.4) is 0 Å². The second kappa shape index (κ2) is 9.31. The minimum Gasteiger partial charge on any atom is -0.344 e. The Morgan fingerprint density at radius 3 is 2.69 bits per heavy atom. The lowest BCUT2D eigenvalue weighted by molar-refractivity contribution is -0.141. The highest BCUT2D eigenvalue weighted by molar-refractivity contribution is 5.95. The Hall–Kier alpha value is -3.53. The predicted molar refractivity (Wildman–Crippen MR) is 111 cm³/mol. The number of aryl methyl sites for hydroxylation is 1. The first-order valence-corrected chi connectivity index (χ1v) is 10.1. The summed E-state index contributed by atoms with van der Waals surface area (Å²) in [5.41, 5.74) is 5.99. The summed E-state index contributed by atoms with van der Waals surface area (Å²) in [6, 6.07) is 12.5. The Bertz CT molecular complexity index is 1090. The zero-order valence-electron chi connectivity index (χ0n) is 17.0. The van der Waals surface area contributed by atoms with E-state index in [2.05, 4.69) is 31.1 Å². The number of hydrogen-bond donors (Lipinski definition) is 3. The smallest absolute Gasteiger partial charge is 0.344 e. The zero-order valence-corrected chi connectivity index (χ0v) is 17.0. The van der Waals surface area contributed by atoms with E-state index in [9.17, 15) is 18.0 Å². The molecule has 166 valence electrons. The number of nitrogens with zero attached hydrogens (tertiary/aromatic N) is 3. The van der Waals surface area contributed by atoms with E-state index in [0.717, 1.165) is 30.2 Å². The number of anilines is 1. The van der Waals surface area contributed by atoms with Crippen LogP contribution in [0.25, 0.3) is 0 Å². The number of benzene rings is 1. The lowest BCUT2D eigenvalue weighted by Crippen LogP contribution is -2.34. The molecule has 10 heteroatoms. The average Bonchev–Trinajstić information content (AvgIpc) is 2.79. The van der Waals surface area contributed by atoms with E-state index in [-0.39, 0.29) is 5.95 Å². The van der Waals surface area contributed by atoms with Gasteiger partial charge in [0, 0.05) is 18.9 Å². The minimum absolute atomic E-state index is 0.283. The molecule has 0 bridgehead atoms. The molecule has 7 nitrogen and oxygen atoms in total. The third-order valence-corrected chi connectivity index (χ3v) is 5.14. The van der Waals surface area contributed by atoms with E-state index >= 15 is 0 Å². The van der Waals surface area contributed by atoms with Crippen molar-refractivity contribution in [1.82, 2.24) is 25.7 Å². The van der Waals surface area contributed by atoms with Gasteiger partial charge in [0.2, 0.25) is 5.95 Å². The molecule has 32 heavy (non-hydrogen) atoms. The van der Waals surface area contributed by atoms with Crippen molar-refractivity contribution in [1.29, 1.82) is 0 Å². The van der Waals surface area contributed by atoms with Crippen molar-refractivity contribution in [3.63, 3.8) is 0 Å². The van der Waals surface area contributed by atoms with Crippen LogP contribution in [-0.2, 0) is 19.1 Å². The molecule has 1 aliphatic rings. The van der Waals surface area contributed by atoms with Gasteiger partial charge in [0.15, 0.2) is 5.69 Å². The van der Waals surface area contributed by atoms with Crippen molar-refractivity contribution >= 4 is 11.9 Å². The molecule has 0 saturated heterocycles. The van der Waals surface area contributed by atoms with E-state index in [1.54, 1.807) is 12.3 Å². The van der Waals surface area contributed by atoms with Gasteiger partial charge in [-0.05, 0) is 36.5 Å². The molecule has 1 unspecified atom stereocenters. The van der Waals surface area contributed by atoms with Gasteiger partial charge in [-0.3, -0.25) is 15.2 Å². The van der Waals surface area contributed by atoms with Crippen molar-refractivity contribution in [2.45, 2.75) is 38.0 Å². The minimum atomic E-state index is -4.83. The molecule has 3 N–H and O–H groups in total.